The van der Waals surface area contributed by atoms with E-state index >= 15 is 0 Å². The third-order valence-corrected chi connectivity index (χ3v) is 2.97. The summed E-state index contributed by atoms with van der Waals surface area (Å²) in [6, 6.07) is 6.49. The number of fused-ring (bicyclic) bond motifs is 1. The van der Waals surface area contributed by atoms with E-state index in [1.807, 2.05) is 0 Å². The van der Waals surface area contributed by atoms with Crippen molar-refractivity contribution in [1.29, 1.82) is 0 Å². The predicted molar refractivity (Wildman–Crippen MR) is 73.1 cm³/mol. The van der Waals surface area contributed by atoms with Crippen molar-refractivity contribution in [3.8, 4) is 0 Å². The van der Waals surface area contributed by atoms with Crippen LogP contribution in [0, 0.1) is 0 Å². The Morgan fingerprint density at radius 1 is 1.20 bits per heavy atom. The summed E-state index contributed by atoms with van der Waals surface area (Å²) in [5, 5.41) is 0.487. The first-order valence-electron chi connectivity index (χ1n) is 6.03. The largest absolute Gasteiger partial charge is 0.405 e. The zero-order chi connectivity index (χ0) is 14.9. The summed E-state index contributed by atoms with van der Waals surface area (Å²) in [6.07, 6.45) is -4.32. The number of hydrogen-bond acceptors (Lipinski definition) is 3. The van der Waals surface area contributed by atoms with Crippen LogP contribution in [0.15, 0.2) is 24.3 Å². The quantitative estimate of drug-likeness (QED) is 0.801. The van der Waals surface area contributed by atoms with Crippen LogP contribution < -0.4 is 4.90 Å². The Morgan fingerprint density at radius 2 is 1.85 bits per heavy atom. The zero-order valence-corrected chi connectivity index (χ0v) is 11.7. The molecule has 0 fully saturated rings. The molecular weight excluding hydrogens is 291 g/mol. The van der Waals surface area contributed by atoms with Gasteiger partial charge >= 0.3 is 6.18 Å². The van der Waals surface area contributed by atoms with Gasteiger partial charge in [-0.25, -0.2) is 4.98 Å². The van der Waals surface area contributed by atoms with Crippen molar-refractivity contribution in [2.45, 2.75) is 26.1 Å². The third kappa shape index (κ3) is 3.30. The van der Waals surface area contributed by atoms with Gasteiger partial charge in [0.15, 0.2) is 0 Å². The minimum Gasteiger partial charge on any atom is -0.344 e. The highest BCUT2D eigenvalue weighted by Crippen LogP contribution is 2.29. The van der Waals surface area contributed by atoms with Crippen LogP contribution in [0.5, 0.6) is 0 Å². The lowest BCUT2D eigenvalue weighted by molar-refractivity contribution is -0.120. The SMILES string of the molecule is CC(C)N(CC(F)(F)F)c1nc(Cl)nc2ccccc12. The maximum atomic E-state index is 12.7. The topological polar surface area (TPSA) is 29.0 Å². The summed E-state index contributed by atoms with van der Waals surface area (Å²) >= 11 is 5.81. The molecular formula is C13H13ClF3N3. The molecule has 0 bridgehead atoms. The molecule has 1 aromatic carbocycles. The highest BCUT2D eigenvalue weighted by Gasteiger charge is 2.33. The highest BCUT2D eigenvalue weighted by molar-refractivity contribution is 6.28. The number of anilines is 1. The molecule has 0 spiro atoms. The predicted octanol–water partition coefficient (Wildman–Crippen LogP) is 4.06. The second-order valence-electron chi connectivity index (χ2n) is 4.67. The van der Waals surface area contributed by atoms with E-state index in [-0.39, 0.29) is 17.1 Å². The number of aromatic nitrogens is 2. The van der Waals surface area contributed by atoms with Crippen molar-refractivity contribution < 1.29 is 13.2 Å². The van der Waals surface area contributed by atoms with Gasteiger partial charge in [0, 0.05) is 11.4 Å². The summed E-state index contributed by atoms with van der Waals surface area (Å²) in [6.45, 7) is 2.27. The van der Waals surface area contributed by atoms with Crippen LogP contribution >= 0.6 is 11.6 Å². The summed E-state index contributed by atoms with van der Waals surface area (Å²) in [5.74, 6) is 0.202. The number of para-hydroxylation sites is 1. The lowest BCUT2D eigenvalue weighted by Gasteiger charge is -2.29. The molecule has 0 aliphatic rings. The molecule has 2 rings (SSSR count). The molecule has 1 aromatic heterocycles. The van der Waals surface area contributed by atoms with E-state index in [2.05, 4.69) is 9.97 Å². The first kappa shape index (κ1) is 14.8. The van der Waals surface area contributed by atoms with Crippen molar-refractivity contribution >= 4 is 28.3 Å². The van der Waals surface area contributed by atoms with Crippen molar-refractivity contribution in [3.05, 3.63) is 29.5 Å². The number of halogens is 4. The Hall–Kier alpha value is -1.56. The van der Waals surface area contributed by atoms with Crippen LogP contribution in [0.3, 0.4) is 0 Å². The van der Waals surface area contributed by atoms with Crippen LogP contribution in [0.2, 0.25) is 5.28 Å². The van der Waals surface area contributed by atoms with E-state index in [1.165, 1.54) is 4.90 Å². The van der Waals surface area contributed by atoms with Gasteiger partial charge in [0.25, 0.3) is 0 Å². The van der Waals surface area contributed by atoms with Gasteiger partial charge in [-0.2, -0.15) is 18.2 Å². The summed E-state index contributed by atoms with van der Waals surface area (Å²) in [5.41, 5.74) is 0.523. The molecule has 0 unspecified atom stereocenters. The molecule has 20 heavy (non-hydrogen) atoms. The van der Waals surface area contributed by atoms with E-state index in [0.29, 0.717) is 10.9 Å². The van der Waals surface area contributed by atoms with Crippen LogP contribution in [0.4, 0.5) is 19.0 Å². The number of alkyl halides is 3. The molecule has 108 valence electrons. The second kappa shape index (κ2) is 5.44. The summed E-state index contributed by atoms with van der Waals surface area (Å²) < 4.78 is 38.2. The van der Waals surface area contributed by atoms with Crippen molar-refractivity contribution in [2.75, 3.05) is 11.4 Å². The first-order valence-corrected chi connectivity index (χ1v) is 6.41. The molecule has 0 N–H and O–H groups in total. The molecule has 0 aliphatic heterocycles. The molecule has 1 heterocycles. The van der Waals surface area contributed by atoms with Gasteiger partial charge in [0.05, 0.1) is 5.52 Å². The Morgan fingerprint density at radius 3 is 2.45 bits per heavy atom. The molecule has 2 aromatic rings. The van der Waals surface area contributed by atoms with Crippen LogP contribution in [0.1, 0.15) is 13.8 Å². The fourth-order valence-corrected chi connectivity index (χ4v) is 2.12. The van der Waals surface area contributed by atoms with Crippen LogP contribution in [-0.4, -0.2) is 28.7 Å². The number of rotatable bonds is 3. The average molecular weight is 304 g/mol. The molecule has 0 saturated carbocycles. The lowest BCUT2D eigenvalue weighted by atomic mass is 10.2. The van der Waals surface area contributed by atoms with E-state index in [9.17, 15) is 13.2 Å². The maximum absolute atomic E-state index is 12.7. The molecule has 7 heteroatoms. The molecule has 3 nitrogen and oxygen atoms in total. The van der Waals surface area contributed by atoms with E-state index in [1.54, 1.807) is 38.1 Å². The van der Waals surface area contributed by atoms with Crippen LogP contribution in [0.25, 0.3) is 10.9 Å². The van der Waals surface area contributed by atoms with Crippen molar-refractivity contribution in [3.63, 3.8) is 0 Å². The van der Waals surface area contributed by atoms with Gasteiger partial charge in [-0.15, -0.1) is 0 Å². The maximum Gasteiger partial charge on any atom is 0.405 e. The van der Waals surface area contributed by atoms with Crippen LogP contribution in [-0.2, 0) is 0 Å². The zero-order valence-electron chi connectivity index (χ0n) is 10.9. The number of benzene rings is 1. The van der Waals surface area contributed by atoms with Crippen molar-refractivity contribution in [2.24, 2.45) is 0 Å². The minimum absolute atomic E-state index is 0.0634. The normalized spacial score (nSPS) is 12.2. The van der Waals surface area contributed by atoms with Crippen molar-refractivity contribution in [1.82, 2.24) is 9.97 Å². The standard InChI is InChI=1S/C13H13ClF3N3/c1-8(2)20(7-13(15,16)17)11-9-5-3-4-6-10(9)18-12(14)19-11/h3-6,8H,7H2,1-2H3. The number of nitrogens with zero attached hydrogens (tertiary/aromatic N) is 3. The summed E-state index contributed by atoms with van der Waals surface area (Å²) in [4.78, 5) is 9.18. The van der Waals surface area contributed by atoms with Gasteiger partial charge in [0.1, 0.15) is 12.4 Å². The molecule has 0 amide bonds. The molecule has 0 radical (unpaired) electrons. The Bertz CT molecular complexity index is 613. The Labute approximate surface area is 119 Å². The lowest BCUT2D eigenvalue weighted by Crippen LogP contribution is -2.39. The highest BCUT2D eigenvalue weighted by atomic mass is 35.5. The van der Waals surface area contributed by atoms with Gasteiger partial charge < -0.3 is 4.90 Å². The number of hydrogen-bond donors (Lipinski definition) is 0. The fourth-order valence-electron chi connectivity index (χ4n) is 1.95. The monoisotopic (exact) mass is 303 g/mol. The van der Waals surface area contributed by atoms with Gasteiger partial charge in [-0.3, -0.25) is 0 Å². The van der Waals surface area contributed by atoms with Gasteiger partial charge in [-0.05, 0) is 37.6 Å². The minimum atomic E-state index is -4.32. The van der Waals surface area contributed by atoms with Gasteiger partial charge in [-0.1, -0.05) is 12.1 Å². The fraction of sp³-hybridized carbons (Fsp3) is 0.385. The Balaban J connectivity index is 2.58. The smallest absolute Gasteiger partial charge is 0.344 e. The van der Waals surface area contributed by atoms with E-state index in [0.717, 1.165) is 0 Å². The average Bonchev–Trinajstić information content (AvgIpc) is 2.33. The van der Waals surface area contributed by atoms with Gasteiger partial charge in [0.2, 0.25) is 5.28 Å². The molecule has 0 atom stereocenters. The molecule has 0 saturated heterocycles. The second-order valence-corrected chi connectivity index (χ2v) is 5.01. The third-order valence-electron chi connectivity index (χ3n) is 2.80. The van der Waals surface area contributed by atoms with E-state index < -0.39 is 12.7 Å². The molecule has 0 aliphatic carbocycles. The summed E-state index contributed by atoms with van der Waals surface area (Å²) in [7, 11) is 0. The first-order chi connectivity index (χ1) is 9.28. The Kier molecular flexibility index (Phi) is 4.04. The van der Waals surface area contributed by atoms with E-state index in [4.69, 9.17) is 11.6 Å².